The molecular formula is C14H22N2O2. The molecule has 1 aromatic rings. The first-order valence-electron chi connectivity index (χ1n) is 6.42. The van der Waals surface area contributed by atoms with Crippen LogP contribution in [0.15, 0.2) is 30.3 Å². The van der Waals surface area contributed by atoms with Crippen LogP contribution in [-0.4, -0.2) is 30.2 Å². The molecule has 0 aliphatic carbocycles. The maximum atomic E-state index is 11.7. The third-order valence-corrected chi connectivity index (χ3v) is 2.77. The minimum atomic E-state index is -0.495. The van der Waals surface area contributed by atoms with Crippen LogP contribution in [0, 0.1) is 0 Å². The van der Waals surface area contributed by atoms with Crippen LogP contribution in [0.4, 0.5) is 0 Å². The molecule has 0 radical (unpaired) electrons. The van der Waals surface area contributed by atoms with Gasteiger partial charge in [0.2, 0.25) is 5.91 Å². The average Bonchev–Trinajstić information content (AvgIpc) is 2.39. The fraction of sp³-hybridized carbons (Fsp3) is 0.500. The second-order valence-electron chi connectivity index (χ2n) is 4.37. The molecule has 0 heterocycles. The van der Waals surface area contributed by atoms with Gasteiger partial charge in [-0.1, -0.05) is 30.3 Å². The Bertz CT molecular complexity index is 341. The van der Waals surface area contributed by atoms with Gasteiger partial charge in [-0.05, 0) is 31.2 Å². The van der Waals surface area contributed by atoms with E-state index < -0.39 is 6.04 Å². The fourth-order valence-corrected chi connectivity index (χ4v) is 1.72. The van der Waals surface area contributed by atoms with E-state index in [0.29, 0.717) is 13.0 Å². The Morgan fingerprint density at radius 2 is 1.94 bits per heavy atom. The Morgan fingerprint density at radius 3 is 2.61 bits per heavy atom. The van der Waals surface area contributed by atoms with Crippen LogP contribution < -0.4 is 11.1 Å². The number of aliphatic hydroxyl groups excluding tert-OH is 1. The predicted molar refractivity (Wildman–Crippen MR) is 72.1 cm³/mol. The van der Waals surface area contributed by atoms with E-state index in [1.54, 1.807) is 0 Å². The van der Waals surface area contributed by atoms with Crippen LogP contribution in [0.25, 0.3) is 0 Å². The highest BCUT2D eigenvalue weighted by Crippen LogP contribution is 2.02. The highest BCUT2D eigenvalue weighted by molar-refractivity contribution is 5.81. The molecule has 1 aromatic carbocycles. The molecule has 0 saturated heterocycles. The number of unbranched alkanes of at least 4 members (excludes halogenated alkanes) is 2. The first kappa shape index (κ1) is 14.7. The molecule has 1 rings (SSSR count). The Labute approximate surface area is 108 Å². The molecule has 4 heteroatoms. The summed E-state index contributed by atoms with van der Waals surface area (Å²) in [6.45, 7) is 0.836. The van der Waals surface area contributed by atoms with E-state index in [1.165, 1.54) is 0 Å². The molecule has 0 aliphatic rings. The van der Waals surface area contributed by atoms with E-state index in [-0.39, 0.29) is 12.5 Å². The molecule has 4 N–H and O–H groups in total. The van der Waals surface area contributed by atoms with Crippen molar-refractivity contribution >= 4 is 5.91 Å². The van der Waals surface area contributed by atoms with E-state index in [1.807, 2.05) is 30.3 Å². The summed E-state index contributed by atoms with van der Waals surface area (Å²) in [5.74, 6) is -0.108. The van der Waals surface area contributed by atoms with Crippen molar-refractivity contribution in [2.75, 3.05) is 13.2 Å². The molecule has 100 valence electrons. The van der Waals surface area contributed by atoms with Crippen molar-refractivity contribution in [3.63, 3.8) is 0 Å². The molecule has 0 unspecified atom stereocenters. The Hall–Kier alpha value is -1.39. The van der Waals surface area contributed by atoms with Gasteiger partial charge in [0.25, 0.3) is 0 Å². The molecule has 1 atom stereocenters. The highest BCUT2D eigenvalue weighted by Gasteiger charge is 2.12. The number of hydrogen-bond donors (Lipinski definition) is 3. The Balaban J connectivity index is 2.21. The van der Waals surface area contributed by atoms with Crippen LogP contribution in [0.5, 0.6) is 0 Å². The molecule has 0 aromatic heterocycles. The zero-order valence-electron chi connectivity index (χ0n) is 10.6. The van der Waals surface area contributed by atoms with Crippen LogP contribution in [0.2, 0.25) is 0 Å². The lowest BCUT2D eigenvalue weighted by molar-refractivity contribution is -0.122. The maximum Gasteiger partial charge on any atom is 0.237 e. The van der Waals surface area contributed by atoms with Crippen LogP contribution in [0.1, 0.15) is 24.8 Å². The quantitative estimate of drug-likeness (QED) is 0.598. The summed E-state index contributed by atoms with van der Waals surface area (Å²) in [5, 5.41) is 11.4. The van der Waals surface area contributed by atoms with Gasteiger partial charge in [0.05, 0.1) is 6.04 Å². The van der Waals surface area contributed by atoms with Crippen molar-refractivity contribution in [1.82, 2.24) is 5.32 Å². The maximum absolute atomic E-state index is 11.7. The lowest BCUT2D eigenvalue weighted by Crippen LogP contribution is -2.42. The number of hydrogen-bond acceptors (Lipinski definition) is 3. The summed E-state index contributed by atoms with van der Waals surface area (Å²) < 4.78 is 0. The van der Waals surface area contributed by atoms with Crippen LogP contribution in [0.3, 0.4) is 0 Å². The largest absolute Gasteiger partial charge is 0.396 e. The summed E-state index contributed by atoms with van der Waals surface area (Å²) in [4.78, 5) is 11.7. The topological polar surface area (TPSA) is 75.4 Å². The first-order chi connectivity index (χ1) is 8.74. The van der Waals surface area contributed by atoms with Gasteiger partial charge in [-0.2, -0.15) is 0 Å². The van der Waals surface area contributed by atoms with Crippen molar-refractivity contribution in [2.45, 2.75) is 31.7 Å². The number of rotatable bonds is 8. The van der Waals surface area contributed by atoms with Crippen molar-refractivity contribution in [3.8, 4) is 0 Å². The minimum absolute atomic E-state index is 0.108. The van der Waals surface area contributed by atoms with Gasteiger partial charge in [-0.25, -0.2) is 0 Å². The van der Waals surface area contributed by atoms with Crippen LogP contribution >= 0.6 is 0 Å². The molecule has 0 aliphatic heterocycles. The van der Waals surface area contributed by atoms with E-state index in [9.17, 15) is 4.79 Å². The van der Waals surface area contributed by atoms with Crippen molar-refractivity contribution in [2.24, 2.45) is 5.73 Å². The summed E-state index contributed by atoms with van der Waals surface area (Å²) in [6, 6.07) is 9.26. The first-order valence-corrected chi connectivity index (χ1v) is 6.42. The summed E-state index contributed by atoms with van der Waals surface area (Å²) >= 11 is 0. The Kier molecular flexibility index (Phi) is 7.06. The fourth-order valence-electron chi connectivity index (χ4n) is 1.72. The summed E-state index contributed by atoms with van der Waals surface area (Å²) in [7, 11) is 0. The summed E-state index contributed by atoms with van der Waals surface area (Å²) in [6.07, 6.45) is 3.14. The van der Waals surface area contributed by atoms with Crippen molar-refractivity contribution < 1.29 is 9.90 Å². The SMILES string of the molecule is N[C@H](Cc1ccccc1)C(=O)NCCCCCO. The van der Waals surface area contributed by atoms with Gasteiger partial charge in [0, 0.05) is 13.2 Å². The molecular weight excluding hydrogens is 228 g/mol. The van der Waals surface area contributed by atoms with E-state index in [0.717, 1.165) is 24.8 Å². The molecule has 0 bridgehead atoms. The molecule has 0 fully saturated rings. The van der Waals surface area contributed by atoms with Gasteiger partial charge < -0.3 is 16.2 Å². The highest BCUT2D eigenvalue weighted by atomic mass is 16.2. The second kappa shape index (κ2) is 8.66. The van der Waals surface area contributed by atoms with E-state index >= 15 is 0 Å². The minimum Gasteiger partial charge on any atom is -0.396 e. The molecule has 1 amide bonds. The lowest BCUT2D eigenvalue weighted by atomic mass is 10.1. The zero-order chi connectivity index (χ0) is 13.2. The number of benzene rings is 1. The van der Waals surface area contributed by atoms with Crippen LogP contribution in [-0.2, 0) is 11.2 Å². The Morgan fingerprint density at radius 1 is 1.22 bits per heavy atom. The lowest BCUT2D eigenvalue weighted by Gasteiger charge is -2.12. The zero-order valence-corrected chi connectivity index (χ0v) is 10.6. The number of aliphatic hydroxyl groups is 1. The molecule has 0 spiro atoms. The van der Waals surface area contributed by atoms with Gasteiger partial charge in [-0.3, -0.25) is 4.79 Å². The van der Waals surface area contributed by atoms with Gasteiger partial charge >= 0.3 is 0 Å². The van der Waals surface area contributed by atoms with Gasteiger partial charge in [0.1, 0.15) is 0 Å². The number of nitrogens with two attached hydrogens (primary N) is 1. The van der Waals surface area contributed by atoms with E-state index in [4.69, 9.17) is 10.8 Å². The third-order valence-electron chi connectivity index (χ3n) is 2.77. The van der Waals surface area contributed by atoms with Crippen molar-refractivity contribution in [1.29, 1.82) is 0 Å². The third kappa shape index (κ3) is 5.80. The monoisotopic (exact) mass is 250 g/mol. The number of nitrogens with one attached hydrogen (secondary N) is 1. The predicted octanol–water partition coefficient (Wildman–Crippen LogP) is 0.835. The van der Waals surface area contributed by atoms with Crippen molar-refractivity contribution in [3.05, 3.63) is 35.9 Å². The molecule has 0 saturated carbocycles. The van der Waals surface area contributed by atoms with Gasteiger partial charge in [-0.15, -0.1) is 0 Å². The molecule has 4 nitrogen and oxygen atoms in total. The normalized spacial score (nSPS) is 12.1. The smallest absolute Gasteiger partial charge is 0.237 e. The van der Waals surface area contributed by atoms with E-state index in [2.05, 4.69) is 5.32 Å². The second-order valence-corrected chi connectivity index (χ2v) is 4.37. The molecule has 18 heavy (non-hydrogen) atoms. The number of carbonyl (C=O) groups excluding carboxylic acids is 1. The average molecular weight is 250 g/mol. The summed E-state index contributed by atoms with van der Waals surface area (Å²) in [5.41, 5.74) is 6.91. The standard InChI is InChI=1S/C14H22N2O2/c15-13(11-12-7-3-1-4-8-12)14(18)16-9-5-2-6-10-17/h1,3-4,7-8,13,17H,2,5-6,9-11,15H2,(H,16,18)/t13-/m1/s1. The number of carbonyl (C=O) groups is 1. The number of amides is 1. The van der Waals surface area contributed by atoms with Gasteiger partial charge in [0.15, 0.2) is 0 Å².